The topological polar surface area (TPSA) is 59.0 Å². The number of carbonyl (C=O) groups excluding carboxylic acids is 1. The molecule has 0 saturated heterocycles. The molecule has 0 aliphatic rings. The number of halogens is 1. The lowest BCUT2D eigenvalue weighted by Gasteiger charge is -2.07. The van der Waals surface area contributed by atoms with Crippen LogP contribution in [0.4, 0.5) is 5.69 Å². The maximum absolute atomic E-state index is 11.7. The van der Waals surface area contributed by atoms with Gasteiger partial charge in [-0.15, -0.1) is 0 Å². The summed E-state index contributed by atoms with van der Waals surface area (Å²) in [4.78, 5) is 16.0. The van der Waals surface area contributed by atoms with Crippen LogP contribution in [0.3, 0.4) is 0 Å². The van der Waals surface area contributed by atoms with Gasteiger partial charge in [-0.2, -0.15) is 0 Å². The third-order valence-electron chi connectivity index (χ3n) is 2.84. The number of hydrogen-bond donors (Lipinski definition) is 2. The standard InChI is InChI=1S/C14H17BrN4O/c1-19-8-7-17-13(19)5-6-16-10-14(20)18-12-4-2-3-11(15)9-12/h2-4,7-9,16H,5-6,10H2,1H3,(H,18,20). The van der Waals surface area contributed by atoms with Gasteiger partial charge in [0.05, 0.1) is 6.54 Å². The van der Waals surface area contributed by atoms with Crippen molar-refractivity contribution in [2.75, 3.05) is 18.4 Å². The number of rotatable bonds is 6. The molecule has 6 heteroatoms. The van der Waals surface area contributed by atoms with Gasteiger partial charge in [-0.05, 0) is 18.2 Å². The Labute approximate surface area is 126 Å². The fourth-order valence-electron chi connectivity index (χ4n) is 1.81. The highest BCUT2D eigenvalue weighted by molar-refractivity contribution is 9.10. The zero-order valence-electron chi connectivity index (χ0n) is 11.3. The Bertz CT molecular complexity index is 582. The van der Waals surface area contributed by atoms with Crippen LogP contribution in [0.2, 0.25) is 0 Å². The zero-order valence-corrected chi connectivity index (χ0v) is 12.9. The van der Waals surface area contributed by atoms with Crippen LogP contribution in [0.5, 0.6) is 0 Å². The van der Waals surface area contributed by atoms with Gasteiger partial charge in [0.2, 0.25) is 5.91 Å². The molecule has 0 spiro atoms. The number of benzene rings is 1. The van der Waals surface area contributed by atoms with Crippen molar-refractivity contribution < 1.29 is 4.79 Å². The molecule has 0 radical (unpaired) electrons. The first-order valence-corrected chi connectivity index (χ1v) is 7.17. The normalized spacial score (nSPS) is 10.5. The molecular formula is C14H17BrN4O. The van der Waals surface area contributed by atoms with E-state index in [9.17, 15) is 4.79 Å². The zero-order chi connectivity index (χ0) is 14.4. The molecule has 2 N–H and O–H groups in total. The van der Waals surface area contributed by atoms with E-state index in [1.54, 1.807) is 6.20 Å². The monoisotopic (exact) mass is 336 g/mol. The van der Waals surface area contributed by atoms with Gasteiger partial charge in [-0.25, -0.2) is 4.98 Å². The maximum atomic E-state index is 11.7. The van der Waals surface area contributed by atoms with Gasteiger partial charge in [0.25, 0.3) is 0 Å². The minimum absolute atomic E-state index is 0.0528. The van der Waals surface area contributed by atoms with Crippen LogP contribution in [0.15, 0.2) is 41.1 Å². The van der Waals surface area contributed by atoms with Crippen molar-refractivity contribution in [1.82, 2.24) is 14.9 Å². The molecule has 1 amide bonds. The van der Waals surface area contributed by atoms with Gasteiger partial charge < -0.3 is 15.2 Å². The maximum Gasteiger partial charge on any atom is 0.238 e. The fourth-order valence-corrected chi connectivity index (χ4v) is 2.21. The average molecular weight is 337 g/mol. The molecule has 1 aromatic carbocycles. The van der Waals surface area contributed by atoms with Crippen molar-refractivity contribution in [3.63, 3.8) is 0 Å². The SMILES string of the molecule is Cn1ccnc1CCNCC(=O)Nc1cccc(Br)c1. The van der Waals surface area contributed by atoms with Crippen molar-refractivity contribution in [3.05, 3.63) is 47.0 Å². The van der Waals surface area contributed by atoms with Gasteiger partial charge in [0.1, 0.15) is 5.82 Å². The fraction of sp³-hybridized carbons (Fsp3) is 0.286. The molecule has 20 heavy (non-hydrogen) atoms. The Morgan fingerprint density at radius 1 is 1.45 bits per heavy atom. The lowest BCUT2D eigenvalue weighted by molar-refractivity contribution is -0.115. The summed E-state index contributed by atoms with van der Waals surface area (Å²) in [5.74, 6) is 0.952. The smallest absolute Gasteiger partial charge is 0.238 e. The van der Waals surface area contributed by atoms with Crippen LogP contribution >= 0.6 is 15.9 Å². The van der Waals surface area contributed by atoms with Crippen molar-refractivity contribution in [2.45, 2.75) is 6.42 Å². The highest BCUT2D eigenvalue weighted by Gasteiger charge is 2.03. The first kappa shape index (κ1) is 14.7. The molecule has 0 aliphatic heterocycles. The Morgan fingerprint density at radius 2 is 2.30 bits per heavy atom. The van der Waals surface area contributed by atoms with Crippen LogP contribution < -0.4 is 10.6 Å². The second-order valence-electron chi connectivity index (χ2n) is 4.44. The predicted octanol–water partition coefficient (Wildman–Crippen LogP) is 1.95. The number of hydrogen-bond acceptors (Lipinski definition) is 3. The van der Waals surface area contributed by atoms with Crippen molar-refractivity contribution in [2.24, 2.45) is 7.05 Å². The number of aromatic nitrogens is 2. The molecule has 1 heterocycles. The quantitative estimate of drug-likeness (QED) is 0.792. The molecule has 0 fully saturated rings. The molecule has 0 bridgehead atoms. The minimum Gasteiger partial charge on any atom is -0.338 e. The number of amides is 1. The summed E-state index contributed by atoms with van der Waals surface area (Å²) in [6.07, 6.45) is 4.48. The van der Waals surface area contributed by atoms with Crippen molar-refractivity contribution in [3.8, 4) is 0 Å². The van der Waals surface area contributed by atoms with E-state index in [1.807, 2.05) is 42.1 Å². The molecule has 5 nitrogen and oxygen atoms in total. The van der Waals surface area contributed by atoms with Crippen LogP contribution in [-0.4, -0.2) is 28.5 Å². The number of imidazole rings is 1. The van der Waals surface area contributed by atoms with E-state index in [0.717, 1.165) is 29.0 Å². The number of nitrogens with zero attached hydrogens (tertiary/aromatic N) is 2. The largest absolute Gasteiger partial charge is 0.338 e. The van der Waals surface area contributed by atoms with Gasteiger partial charge in [-0.3, -0.25) is 4.79 Å². The first-order chi connectivity index (χ1) is 9.65. The highest BCUT2D eigenvalue weighted by Crippen LogP contribution is 2.15. The molecule has 0 unspecified atom stereocenters. The highest BCUT2D eigenvalue weighted by atomic mass is 79.9. The third kappa shape index (κ3) is 4.47. The van der Waals surface area contributed by atoms with Crippen LogP contribution in [-0.2, 0) is 18.3 Å². The van der Waals surface area contributed by atoms with E-state index in [1.165, 1.54) is 0 Å². The average Bonchev–Trinajstić information content (AvgIpc) is 2.80. The van der Waals surface area contributed by atoms with E-state index < -0.39 is 0 Å². The van der Waals surface area contributed by atoms with Crippen LogP contribution in [0.25, 0.3) is 0 Å². The van der Waals surface area contributed by atoms with Gasteiger partial charge in [-0.1, -0.05) is 22.0 Å². The molecule has 2 rings (SSSR count). The first-order valence-electron chi connectivity index (χ1n) is 6.37. The summed E-state index contributed by atoms with van der Waals surface area (Å²) in [7, 11) is 1.96. The molecule has 0 saturated carbocycles. The molecule has 1 aromatic heterocycles. The molecule has 2 aromatic rings. The summed E-state index contributed by atoms with van der Waals surface area (Å²) in [6.45, 7) is 1.01. The molecule has 106 valence electrons. The Kier molecular flexibility index (Phi) is 5.31. The Morgan fingerprint density at radius 3 is 3.00 bits per heavy atom. The van der Waals surface area contributed by atoms with E-state index in [2.05, 4.69) is 31.5 Å². The van der Waals surface area contributed by atoms with Crippen LogP contribution in [0, 0.1) is 0 Å². The lowest BCUT2D eigenvalue weighted by Crippen LogP contribution is -2.29. The molecule has 0 aliphatic carbocycles. The Hall–Kier alpha value is -1.66. The van der Waals surface area contributed by atoms with Gasteiger partial charge in [0, 0.05) is 42.6 Å². The summed E-state index contributed by atoms with van der Waals surface area (Å²) >= 11 is 3.37. The molecular weight excluding hydrogens is 320 g/mol. The number of carbonyl (C=O) groups is 1. The van der Waals surface area contributed by atoms with E-state index in [4.69, 9.17) is 0 Å². The number of aryl methyl sites for hydroxylation is 1. The van der Waals surface area contributed by atoms with Gasteiger partial charge >= 0.3 is 0 Å². The third-order valence-corrected chi connectivity index (χ3v) is 3.33. The number of anilines is 1. The second-order valence-corrected chi connectivity index (χ2v) is 5.36. The molecule has 0 atom stereocenters. The summed E-state index contributed by atoms with van der Waals surface area (Å²) in [5, 5.41) is 5.94. The number of nitrogens with one attached hydrogen (secondary N) is 2. The van der Waals surface area contributed by atoms with Crippen molar-refractivity contribution >= 4 is 27.5 Å². The van der Waals surface area contributed by atoms with Crippen molar-refractivity contribution in [1.29, 1.82) is 0 Å². The van der Waals surface area contributed by atoms with Gasteiger partial charge in [0.15, 0.2) is 0 Å². The summed E-state index contributed by atoms with van der Waals surface area (Å²) in [5.41, 5.74) is 0.787. The summed E-state index contributed by atoms with van der Waals surface area (Å²) in [6, 6.07) is 7.53. The predicted molar refractivity (Wildman–Crippen MR) is 82.6 cm³/mol. The Balaban J connectivity index is 1.69. The second kappa shape index (κ2) is 7.21. The minimum atomic E-state index is -0.0528. The van der Waals surface area contributed by atoms with E-state index >= 15 is 0 Å². The van der Waals surface area contributed by atoms with Crippen LogP contribution in [0.1, 0.15) is 5.82 Å². The lowest BCUT2D eigenvalue weighted by atomic mass is 10.3. The van der Waals surface area contributed by atoms with E-state index in [0.29, 0.717) is 0 Å². The van der Waals surface area contributed by atoms with E-state index in [-0.39, 0.29) is 12.5 Å². The summed E-state index contributed by atoms with van der Waals surface area (Å²) < 4.78 is 2.92.